The molecule has 13 heteroatoms. The molecule has 0 radical (unpaired) electrons. The lowest BCUT2D eigenvalue weighted by molar-refractivity contribution is -0.385. The third-order valence-corrected chi connectivity index (χ3v) is 7.04. The van der Waals surface area contributed by atoms with Gasteiger partial charge in [-0.2, -0.15) is 0 Å². The van der Waals surface area contributed by atoms with Gasteiger partial charge in [-0.3, -0.25) is 14.8 Å². The molecule has 0 aliphatic heterocycles. The molecule has 0 fully saturated rings. The maximum absolute atomic E-state index is 12.6. The van der Waals surface area contributed by atoms with Crippen LogP contribution in [-0.2, 0) is 20.0 Å². The van der Waals surface area contributed by atoms with Crippen LogP contribution in [0.5, 0.6) is 0 Å². The molecule has 0 unspecified atom stereocenters. The fourth-order valence-electron chi connectivity index (χ4n) is 2.82. The number of rotatable bonds is 7. The zero-order valence-electron chi connectivity index (χ0n) is 17.2. The van der Waals surface area contributed by atoms with Crippen molar-refractivity contribution >= 4 is 37.4 Å². The van der Waals surface area contributed by atoms with E-state index in [1.807, 2.05) is 0 Å². The molecule has 0 bridgehead atoms. The average Bonchev–Trinajstić information content (AvgIpc) is 2.66. The Bertz CT molecular complexity index is 1380. The number of benzene rings is 2. The van der Waals surface area contributed by atoms with Gasteiger partial charge in [0.25, 0.3) is 25.7 Å². The molecule has 2 aromatic carbocycles. The van der Waals surface area contributed by atoms with Gasteiger partial charge in [0, 0.05) is 28.7 Å². The molecule has 168 valence electrons. The van der Waals surface area contributed by atoms with Gasteiger partial charge in [0.15, 0.2) is 0 Å². The van der Waals surface area contributed by atoms with E-state index in [0.29, 0.717) is 17.0 Å². The van der Waals surface area contributed by atoms with Crippen molar-refractivity contribution < 1.29 is 21.8 Å². The van der Waals surface area contributed by atoms with E-state index >= 15 is 0 Å². The highest BCUT2D eigenvalue weighted by Crippen LogP contribution is 2.24. The van der Waals surface area contributed by atoms with E-state index < -0.39 is 25.0 Å². The van der Waals surface area contributed by atoms with E-state index in [1.54, 1.807) is 19.9 Å². The lowest BCUT2D eigenvalue weighted by atomic mass is 10.2. The maximum Gasteiger partial charge on any atom is 0.273 e. The number of hydrogen-bond acceptors (Lipinski definition) is 8. The SMILES string of the molecule is Cc1cc(C)nc(NS(=O)(=O)c2ccc(NS(=O)(=O)c3ccc(C)c([N+](=O)[O-])c3)cc2)n1. The summed E-state index contributed by atoms with van der Waals surface area (Å²) in [6, 6.07) is 10.2. The zero-order valence-corrected chi connectivity index (χ0v) is 18.9. The summed E-state index contributed by atoms with van der Waals surface area (Å²) < 4.78 is 54.9. The molecule has 1 aromatic heterocycles. The smallest absolute Gasteiger partial charge is 0.273 e. The van der Waals surface area contributed by atoms with Gasteiger partial charge in [-0.15, -0.1) is 0 Å². The van der Waals surface area contributed by atoms with Crippen molar-refractivity contribution in [2.24, 2.45) is 0 Å². The third-order valence-electron chi connectivity index (χ3n) is 4.31. The van der Waals surface area contributed by atoms with E-state index in [9.17, 15) is 26.9 Å². The molecular weight excluding hydrogens is 458 g/mol. The van der Waals surface area contributed by atoms with Gasteiger partial charge >= 0.3 is 0 Å². The summed E-state index contributed by atoms with van der Waals surface area (Å²) in [4.78, 5) is 18.0. The molecule has 0 spiro atoms. The van der Waals surface area contributed by atoms with Crippen molar-refractivity contribution in [2.75, 3.05) is 9.44 Å². The quantitative estimate of drug-likeness (QED) is 0.388. The topological polar surface area (TPSA) is 161 Å². The van der Waals surface area contributed by atoms with E-state index in [2.05, 4.69) is 19.4 Å². The molecule has 11 nitrogen and oxygen atoms in total. The second kappa shape index (κ2) is 8.51. The molecule has 0 saturated carbocycles. The van der Waals surface area contributed by atoms with Crippen LogP contribution < -0.4 is 9.44 Å². The molecule has 0 saturated heterocycles. The van der Waals surface area contributed by atoms with Crippen LogP contribution in [0.2, 0.25) is 0 Å². The first-order valence-electron chi connectivity index (χ1n) is 9.10. The van der Waals surface area contributed by atoms with Crippen LogP contribution in [0.3, 0.4) is 0 Å². The second-order valence-corrected chi connectivity index (χ2v) is 10.3. The third kappa shape index (κ3) is 5.18. The van der Waals surface area contributed by atoms with Crippen LogP contribution in [0.15, 0.2) is 58.3 Å². The Balaban J connectivity index is 1.82. The van der Waals surface area contributed by atoms with Crippen molar-refractivity contribution in [3.63, 3.8) is 0 Å². The van der Waals surface area contributed by atoms with Crippen LogP contribution in [0.1, 0.15) is 17.0 Å². The number of hydrogen-bond donors (Lipinski definition) is 2. The molecule has 0 aliphatic rings. The minimum Gasteiger partial charge on any atom is -0.280 e. The van der Waals surface area contributed by atoms with Crippen molar-refractivity contribution in [3.05, 3.63) is 75.6 Å². The number of aryl methyl sites for hydroxylation is 3. The number of aromatic nitrogens is 2. The van der Waals surface area contributed by atoms with Gasteiger partial charge in [0.1, 0.15) is 0 Å². The first-order chi connectivity index (χ1) is 14.9. The van der Waals surface area contributed by atoms with Crippen molar-refractivity contribution in [3.8, 4) is 0 Å². The highest BCUT2D eigenvalue weighted by molar-refractivity contribution is 7.93. The van der Waals surface area contributed by atoms with Crippen LogP contribution >= 0.6 is 0 Å². The molecule has 3 aromatic rings. The number of nitro benzene ring substituents is 1. The zero-order chi connectivity index (χ0) is 23.7. The highest BCUT2D eigenvalue weighted by Gasteiger charge is 2.21. The lowest BCUT2D eigenvalue weighted by Crippen LogP contribution is -2.16. The largest absolute Gasteiger partial charge is 0.280 e. The van der Waals surface area contributed by atoms with Crippen molar-refractivity contribution in [1.29, 1.82) is 0 Å². The van der Waals surface area contributed by atoms with Gasteiger partial charge in [-0.05, 0) is 57.2 Å². The van der Waals surface area contributed by atoms with Gasteiger partial charge in [-0.25, -0.2) is 31.5 Å². The molecule has 32 heavy (non-hydrogen) atoms. The first kappa shape index (κ1) is 23.1. The van der Waals surface area contributed by atoms with E-state index in [-0.39, 0.29) is 27.1 Å². The second-order valence-electron chi connectivity index (χ2n) is 6.92. The minimum absolute atomic E-state index is 0.0757. The van der Waals surface area contributed by atoms with Gasteiger partial charge in [-0.1, -0.05) is 6.07 Å². The molecule has 0 atom stereocenters. The molecule has 1 heterocycles. The lowest BCUT2D eigenvalue weighted by Gasteiger charge is -2.11. The van der Waals surface area contributed by atoms with Crippen LogP contribution in [0.25, 0.3) is 0 Å². The molecule has 0 aliphatic carbocycles. The molecule has 0 amide bonds. The molecule has 2 N–H and O–H groups in total. The Morgan fingerprint density at radius 1 is 0.781 bits per heavy atom. The van der Waals surface area contributed by atoms with Crippen LogP contribution in [0.4, 0.5) is 17.3 Å². The predicted octanol–water partition coefficient (Wildman–Crippen LogP) is 2.91. The number of sulfonamides is 2. The molecule has 3 rings (SSSR count). The Labute approximate surface area is 184 Å². The Morgan fingerprint density at radius 2 is 1.31 bits per heavy atom. The monoisotopic (exact) mass is 477 g/mol. The predicted molar refractivity (Wildman–Crippen MR) is 117 cm³/mol. The standard InChI is InChI=1S/C19H19N5O6S2/c1-12-4-7-17(11-18(12)24(25)26)32(29,30)22-15-5-8-16(9-6-15)31(27,28)23-19-20-13(2)10-14(3)21-19/h4-11,22H,1-3H3,(H,20,21,23). The summed E-state index contributed by atoms with van der Waals surface area (Å²) in [5.41, 5.74) is 1.26. The Morgan fingerprint density at radius 3 is 1.88 bits per heavy atom. The van der Waals surface area contributed by atoms with Crippen LogP contribution in [-0.4, -0.2) is 31.7 Å². The number of nitro groups is 1. The van der Waals surface area contributed by atoms with Gasteiger partial charge in [0.05, 0.1) is 14.7 Å². The minimum atomic E-state index is -4.13. The van der Waals surface area contributed by atoms with E-state index in [4.69, 9.17) is 0 Å². The summed E-state index contributed by atoms with van der Waals surface area (Å²) in [6.07, 6.45) is 0. The average molecular weight is 478 g/mol. The maximum atomic E-state index is 12.6. The first-order valence-corrected chi connectivity index (χ1v) is 12.1. The number of anilines is 2. The summed E-state index contributed by atoms with van der Waals surface area (Å²) in [5.74, 6) is -0.0757. The number of nitrogens with one attached hydrogen (secondary N) is 2. The summed E-state index contributed by atoms with van der Waals surface area (Å²) in [6.45, 7) is 4.91. The van der Waals surface area contributed by atoms with Gasteiger partial charge in [0.2, 0.25) is 5.95 Å². The fraction of sp³-hybridized carbons (Fsp3) is 0.158. The normalized spacial score (nSPS) is 11.7. The van der Waals surface area contributed by atoms with Crippen molar-refractivity contribution in [2.45, 2.75) is 30.6 Å². The summed E-state index contributed by atoms with van der Waals surface area (Å²) in [7, 11) is -8.14. The molecular formula is C19H19N5O6S2. The Hall–Kier alpha value is -3.58. The van der Waals surface area contributed by atoms with Gasteiger partial charge < -0.3 is 0 Å². The number of nitrogens with zero attached hydrogens (tertiary/aromatic N) is 3. The van der Waals surface area contributed by atoms with Crippen molar-refractivity contribution in [1.82, 2.24) is 9.97 Å². The Kier molecular flexibility index (Phi) is 6.14. The summed E-state index contributed by atoms with van der Waals surface area (Å²) in [5, 5.41) is 11.1. The fourth-order valence-corrected chi connectivity index (χ4v) is 4.84. The highest BCUT2D eigenvalue weighted by atomic mass is 32.2. The van der Waals surface area contributed by atoms with Crippen LogP contribution in [0, 0.1) is 30.9 Å². The van der Waals surface area contributed by atoms with E-state index in [0.717, 1.165) is 6.07 Å². The van der Waals surface area contributed by atoms with E-state index in [1.165, 1.54) is 43.3 Å². The summed E-state index contributed by atoms with van der Waals surface area (Å²) >= 11 is 0.